The largest absolute Gasteiger partial charge is 0.573 e. The molecular weight excluding hydrogens is 445 g/mol. The number of hydrogen-bond acceptors (Lipinski definition) is 5. The van der Waals surface area contributed by atoms with Gasteiger partial charge in [0.1, 0.15) is 11.4 Å². The van der Waals surface area contributed by atoms with Crippen molar-refractivity contribution in [1.82, 2.24) is 9.88 Å². The average molecular weight is 464 g/mol. The van der Waals surface area contributed by atoms with Gasteiger partial charge in [-0.3, -0.25) is 4.79 Å². The molecule has 3 aromatic rings. The van der Waals surface area contributed by atoms with Crippen molar-refractivity contribution < 1.29 is 31.1 Å². The first-order valence-corrected chi connectivity index (χ1v) is 11.4. The number of carbonyl (C=O) groups is 1. The van der Waals surface area contributed by atoms with Crippen molar-refractivity contribution in [1.29, 1.82) is 0 Å². The van der Waals surface area contributed by atoms with E-state index in [0.717, 1.165) is 17.5 Å². The second-order valence-corrected chi connectivity index (χ2v) is 9.68. The van der Waals surface area contributed by atoms with Crippen LogP contribution < -0.4 is 4.74 Å². The fraction of sp³-hybridized carbons (Fsp3) is 0.273. The molecule has 1 fully saturated rings. The maximum Gasteiger partial charge on any atom is 0.573 e. The molecule has 0 radical (unpaired) electrons. The van der Waals surface area contributed by atoms with Gasteiger partial charge >= 0.3 is 6.36 Å². The minimum Gasteiger partial charge on any atom is -0.406 e. The number of hydrogen-bond donors (Lipinski definition) is 0. The maximum absolute atomic E-state index is 12.9. The van der Waals surface area contributed by atoms with E-state index in [1.807, 2.05) is 30.3 Å². The van der Waals surface area contributed by atoms with Gasteiger partial charge in [0, 0.05) is 18.5 Å². The molecule has 32 heavy (non-hydrogen) atoms. The minimum atomic E-state index is -4.91. The van der Waals surface area contributed by atoms with E-state index in [-0.39, 0.29) is 42.4 Å². The van der Waals surface area contributed by atoms with E-state index in [1.54, 1.807) is 11.0 Å². The topological polar surface area (TPSA) is 76.6 Å². The van der Waals surface area contributed by atoms with Gasteiger partial charge in [0.15, 0.2) is 9.84 Å². The van der Waals surface area contributed by atoms with Crippen LogP contribution in [0.4, 0.5) is 13.2 Å². The third kappa shape index (κ3) is 4.69. The van der Waals surface area contributed by atoms with Gasteiger partial charge < -0.3 is 9.64 Å². The number of likely N-dealkylation sites (tertiary alicyclic amines) is 1. The quantitative estimate of drug-likeness (QED) is 0.578. The van der Waals surface area contributed by atoms with E-state index in [4.69, 9.17) is 0 Å². The molecule has 0 bridgehead atoms. The summed E-state index contributed by atoms with van der Waals surface area (Å²) in [7, 11) is -3.88. The zero-order valence-electron chi connectivity index (χ0n) is 16.7. The van der Waals surface area contributed by atoms with Crippen LogP contribution in [0.25, 0.3) is 10.9 Å². The van der Waals surface area contributed by atoms with E-state index in [9.17, 15) is 26.4 Å². The van der Waals surface area contributed by atoms with Crippen LogP contribution in [0.1, 0.15) is 23.3 Å². The lowest BCUT2D eigenvalue weighted by atomic mass is 10.1. The molecule has 4 rings (SSSR count). The van der Waals surface area contributed by atoms with Crippen molar-refractivity contribution in [3.63, 3.8) is 0 Å². The van der Waals surface area contributed by atoms with Crippen LogP contribution >= 0.6 is 0 Å². The number of piperidine rings is 1. The number of nitrogens with zero attached hydrogens (tertiary/aromatic N) is 2. The van der Waals surface area contributed by atoms with Crippen LogP contribution in [0.3, 0.4) is 0 Å². The Kier molecular flexibility index (Phi) is 5.81. The lowest BCUT2D eigenvalue weighted by Crippen LogP contribution is -2.42. The highest BCUT2D eigenvalue weighted by atomic mass is 32.2. The number of sulfone groups is 1. The molecule has 2 heterocycles. The number of benzene rings is 2. The monoisotopic (exact) mass is 464 g/mol. The molecule has 0 spiro atoms. The number of aromatic nitrogens is 1. The number of rotatable bonds is 4. The van der Waals surface area contributed by atoms with Crippen LogP contribution in [-0.2, 0) is 9.84 Å². The maximum atomic E-state index is 12.9. The molecule has 1 aliphatic heterocycles. The Balaban J connectivity index is 1.45. The molecule has 168 valence electrons. The van der Waals surface area contributed by atoms with E-state index >= 15 is 0 Å². The fourth-order valence-electron chi connectivity index (χ4n) is 3.76. The van der Waals surface area contributed by atoms with Crippen LogP contribution in [0.15, 0.2) is 65.6 Å². The van der Waals surface area contributed by atoms with Crippen molar-refractivity contribution in [3.05, 3.63) is 66.4 Å². The number of alkyl halides is 3. The molecular formula is C22H19F3N2O4S. The first kappa shape index (κ1) is 22.1. The zero-order chi connectivity index (χ0) is 22.9. The predicted octanol–water partition coefficient (Wildman–Crippen LogP) is 4.21. The lowest BCUT2D eigenvalue weighted by Gasteiger charge is -2.31. The summed E-state index contributed by atoms with van der Waals surface area (Å²) in [4.78, 5) is 18.5. The number of amides is 1. The second kappa shape index (κ2) is 8.42. The Labute approximate surface area is 182 Å². The smallest absolute Gasteiger partial charge is 0.406 e. The SMILES string of the molecule is O=C(c1ccc2ccccc2n1)N1CCC(S(=O)(=O)c2cccc(OC(F)(F)F)c2)CC1. The summed E-state index contributed by atoms with van der Waals surface area (Å²) in [5, 5.41) is 0.0998. The summed E-state index contributed by atoms with van der Waals surface area (Å²) in [5.74, 6) is -0.874. The molecule has 6 nitrogen and oxygen atoms in total. The van der Waals surface area contributed by atoms with Gasteiger partial charge in [-0.25, -0.2) is 13.4 Å². The minimum absolute atomic E-state index is 0.173. The highest BCUT2D eigenvalue weighted by Crippen LogP contribution is 2.29. The molecule has 1 aromatic heterocycles. The van der Waals surface area contributed by atoms with Crippen LogP contribution in [-0.4, -0.2) is 48.9 Å². The lowest BCUT2D eigenvalue weighted by molar-refractivity contribution is -0.274. The van der Waals surface area contributed by atoms with Crippen LogP contribution in [0.2, 0.25) is 0 Å². The van der Waals surface area contributed by atoms with Crippen molar-refractivity contribution in [3.8, 4) is 5.75 Å². The Bertz CT molecular complexity index is 1250. The number of ether oxygens (including phenoxy) is 1. The van der Waals surface area contributed by atoms with Gasteiger partial charge in [0.25, 0.3) is 5.91 Å². The van der Waals surface area contributed by atoms with Crippen molar-refractivity contribution >= 4 is 26.6 Å². The molecule has 1 saturated heterocycles. The van der Waals surface area contributed by atoms with Gasteiger partial charge in [0.05, 0.1) is 15.7 Å². The predicted molar refractivity (Wildman–Crippen MR) is 111 cm³/mol. The first-order chi connectivity index (χ1) is 15.1. The van der Waals surface area contributed by atoms with Gasteiger partial charge in [-0.15, -0.1) is 13.2 Å². The van der Waals surface area contributed by atoms with Gasteiger partial charge in [-0.05, 0) is 43.2 Å². The average Bonchev–Trinajstić information content (AvgIpc) is 2.77. The first-order valence-electron chi connectivity index (χ1n) is 9.88. The number of carbonyl (C=O) groups excluding carboxylic acids is 1. The Hall–Kier alpha value is -3.14. The fourth-order valence-corrected chi connectivity index (χ4v) is 5.52. The molecule has 10 heteroatoms. The second-order valence-electron chi connectivity index (χ2n) is 7.45. The summed E-state index contributed by atoms with van der Waals surface area (Å²) in [5.41, 5.74) is 0.971. The van der Waals surface area contributed by atoms with Crippen LogP contribution in [0.5, 0.6) is 5.75 Å². The van der Waals surface area contributed by atoms with E-state index in [1.165, 1.54) is 12.1 Å². The number of pyridine rings is 1. The third-order valence-corrected chi connectivity index (χ3v) is 7.61. The van der Waals surface area contributed by atoms with Crippen molar-refractivity contribution in [2.75, 3.05) is 13.1 Å². The highest BCUT2D eigenvalue weighted by molar-refractivity contribution is 7.92. The summed E-state index contributed by atoms with van der Waals surface area (Å²) < 4.78 is 67.1. The Morgan fingerprint density at radius 1 is 1.00 bits per heavy atom. The van der Waals surface area contributed by atoms with Gasteiger partial charge in [0.2, 0.25) is 0 Å². The summed E-state index contributed by atoms with van der Waals surface area (Å²) in [6, 6.07) is 15.2. The molecule has 1 aliphatic rings. The Morgan fingerprint density at radius 2 is 1.72 bits per heavy atom. The molecule has 0 atom stereocenters. The third-order valence-electron chi connectivity index (χ3n) is 5.35. The summed E-state index contributed by atoms with van der Waals surface area (Å²) in [6.45, 7) is 0.409. The Morgan fingerprint density at radius 3 is 2.44 bits per heavy atom. The van der Waals surface area contributed by atoms with Crippen molar-refractivity contribution in [2.24, 2.45) is 0 Å². The highest BCUT2D eigenvalue weighted by Gasteiger charge is 2.35. The summed E-state index contributed by atoms with van der Waals surface area (Å²) >= 11 is 0. The summed E-state index contributed by atoms with van der Waals surface area (Å²) in [6.07, 6.45) is -4.57. The standard InChI is InChI=1S/C22H19F3N2O4S/c23-22(24,25)31-16-5-3-6-18(14-16)32(29,30)17-10-12-27(13-11-17)21(28)20-9-8-15-4-1-2-7-19(15)26-20/h1-9,14,17H,10-13H2. The number of para-hydroxylation sites is 1. The number of halogens is 3. The normalized spacial score (nSPS) is 15.7. The molecule has 2 aromatic carbocycles. The van der Waals surface area contributed by atoms with E-state index in [2.05, 4.69) is 9.72 Å². The molecule has 0 N–H and O–H groups in total. The number of fused-ring (bicyclic) bond motifs is 1. The van der Waals surface area contributed by atoms with Gasteiger partial charge in [-0.2, -0.15) is 0 Å². The van der Waals surface area contributed by atoms with E-state index < -0.39 is 27.2 Å². The van der Waals surface area contributed by atoms with E-state index in [0.29, 0.717) is 5.52 Å². The van der Waals surface area contributed by atoms with Gasteiger partial charge in [-0.1, -0.05) is 30.3 Å². The molecule has 1 amide bonds. The zero-order valence-corrected chi connectivity index (χ0v) is 17.6. The van der Waals surface area contributed by atoms with Crippen molar-refractivity contribution in [2.45, 2.75) is 29.3 Å². The molecule has 0 saturated carbocycles. The molecule has 0 unspecified atom stereocenters. The van der Waals surface area contributed by atoms with Crippen LogP contribution in [0, 0.1) is 0 Å². The molecule has 0 aliphatic carbocycles.